The third-order valence-electron chi connectivity index (χ3n) is 3.11. The standard InChI is InChI=1S/C13H13ClN4O2/c14-10-12(18-5-7-20-8-6-18)16-11(17-13(10)19)9-1-3-15-4-2-9/h1-4H,5-8H2,(H,16,17,19). The minimum Gasteiger partial charge on any atom is -0.378 e. The number of nitrogens with one attached hydrogen (secondary N) is 1. The second-order valence-corrected chi connectivity index (χ2v) is 4.77. The van der Waals surface area contributed by atoms with Gasteiger partial charge >= 0.3 is 0 Å². The van der Waals surface area contributed by atoms with Crippen LogP contribution in [0.5, 0.6) is 0 Å². The number of aromatic nitrogens is 3. The Morgan fingerprint density at radius 1 is 1.25 bits per heavy atom. The maximum Gasteiger partial charge on any atom is 0.272 e. The van der Waals surface area contributed by atoms with Crippen LogP contribution in [0.2, 0.25) is 5.02 Å². The van der Waals surface area contributed by atoms with Crippen LogP contribution in [0, 0.1) is 0 Å². The van der Waals surface area contributed by atoms with Gasteiger partial charge in [-0.3, -0.25) is 9.78 Å². The van der Waals surface area contributed by atoms with Gasteiger partial charge in [0.2, 0.25) is 0 Å². The number of rotatable bonds is 2. The van der Waals surface area contributed by atoms with Crippen molar-refractivity contribution in [3.05, 3.63) is 39.9 Å². The molecule has 7 heteroatoms. The van der Waals surface area contributed by atoms with Crippen LogP contribution in [0.3, 0.4) is 0 Å². The zero-order valence-corrected chi connectivity index (χ0v) is 11.4. The van der Waals surface area contributed by atoms with Crippen molar-refractivity contribution in [1.29, 1.82) is 0 Å². The Bertz CT molecular complexity index is 653. The summed E-state index contributed by atoms with van der Waals surface area (Å²) in [5, 5.41) is 0.115. The Kier molecular flexibility index (Phi) is 3.66. The molecule has 1 aliphatic rings. The van der Waals surface area contributed by atoms with Gasteiger partial charge in [-0.25, -0.2) is 4.98 Å². The van der Waals surface area contributed by atoms with Crippen molar-refractivity contribution >= 4 is 17.4 Å². The normalized spacial score (nSPS) is 15.3. The molecule has 0 aromatic carbocycles. The summed E-state index contributed by atoms with van der Waals surface area (Å²) in [4.78, 5) is 25.1. The number of morpholine rings is 1. The van der Waals surface area contributed by atoms with Crippen molar-refractivity contribution < 1.29 is 4.74 Å². The molecule has 1 saturated heterocycles. The molecule has 0 aliphatic carbocycles. The third-order valence-corrected chi connectivity index (χ3v) is 3.45. The lowest BCUT2D eigenvalue weighted by Gasteiger charge is -2.28. The second kappa shape index (κ2) is 5.60. The van der Waals surface area contributed by atoms with Crippen LogP contribution >= 0.6 is 11.6 Å². The first-order valence-electron chi connectivity index (χ1n) is 6.28. The Morgan fingerprint density at radius 2 is 1.95 bits per heavy atom. The van der Waals surface area contributed by atoms with E-state index in [1.54, 1.807) is 24.5 Å². The van der Waals surface area contributed by atoms with Crippen LogP contribution in [0.15, 0.2) is 29.3 Å². The molecular weight excluding hydrogens is 280 g/mol. The maximum atomic E-state index is 12.0. The van der Waals surface area contributed by atoms with Crippen molar-refractivity contribution in [3.8, 4) is 11.4 Å². The fraction of sp³-hybridized carbons (Fsp3) is 0.308. The SMILES string of the molecule is O=c1[nH]c(-c2ccncc2)nc(N2CCOCC2)c1Cl. The van der Waals surface area contributed by atoms with Gasteiger partial charge in [-0.05, 0) is 12.1 Å². The molecule has 0 spiro atoms. The lowest BCUT2D eigenvalue weighted by molar-refractivity contribution is 0.122. The average molecular weight is 293 g/mol. The van der Waals surface area contributed by atoms with E-state index < -0.39 is 0 Å². The van der Waals surface area contributed by atoms with E-state index in [0.29, 0.717) is 37.9 Å². The molecule has 0 amide bonds. The van der Waals surface area contributed by atoms with Crippen LogP contribution < -0.4 is 10.5 Å². The summed E-state index contributed by atoms with van der Waals surface area (Å²) in [6, 6.07) is 3.57. The Morgan fingerprint density at radius 3 is 2.65 bits per heavy atom. The molecule has 2 aromatic rings. The topological polar surface area (TPSA) is 71.1 Å². The van der Waals surface area contributed by atoms with Crippen LogP contribution in [0.25, 0.3) is 11.4 Å². The van der Waals surface area contributed by atoms with E-state index in [0.717, 1.165) is 5.56 Å². The van der Waals surface area contributed by atoms with Crippen molar-refractivity contribution in [2.75, 3.05) is 31.2 Å². The minimum atomic E-state index is -0.338. The summed E-state index contributed by atoms with van der Waals surface area (Å²) in [6.45, 7) is 2.56. The van der Waals surface area contributed by atoms with Gasteiger partial charge in [-0.2, -0.15) is 0 Å². The fourth-order valence-electron chi connectivity index (χ4n) is 2.08. The highest BCUT2D eigenvalue weighted by Crippen LogP contribution is 2.23. The van der Waals surface area contributed by atoms with Crippen LogP contribution in [-0.2, 0) is 4.74 Å². The van der Waals surface area contributed by atoms with E-state index in [2.05, 4.69) is 15.0 Å². The molecule has 2 aromatic heterocycles. The van der Waals surface area contributed by atoms with Gasteiger partial charge in [-0.15, -0.1) is 0 Å². The number of hydrogen-bond donors (Lipinski definition) is 1. The smallest absolute Gasteiger partial charge is 0.272 e. The van der Waals surface area contributed by atoms with Gasteiger partial charge in [0, 0.05) is 31.0 Å². The maximum absolute atomic E-state index is 12.0. The Balaban J connectivity index is 2.06. The van der Waals surface area contributed by atoms with Gasteiger partial charge in [-0.1, -0.05) is 11.6 Å². The quantitative estimate of drug-likeness (QED) is 0.904. The summed E-state index contributed by atoms with van der Waals surface area (Å²) in [7, 11) is 0. The van der Waals surface area contributed by atoms with Gasteiger partial charge in [0.25, 0.3) is 5.56 Å². The number of nitrogens with zero attached hydrogens (tertiary/aromatic N) is 3. The van der Waals surface area contributed by atoms with Gasteiger partial charge in [0.1, 0.15) is 10.8 Å². The first kappa shape index (κ1) is 13.1. The summed E-state index contributed by atoms with van der Waals surface area (Å²) in [5.74, 6) is 0.994. The van der Waals surface area contributed by atoms with Gasteiger partial charge in [0.05, 0.1) is 13.2 Å². The molecule has 6 nitrogen and oxygen atoms in total. The van der Waals surface area contributed by atoms with E-state index in [9.17, 15) is 4.79 Å². The number of aromatic amines is 1. The van der Waals surface area contributed by atoms with Crippen molar-refractivity contribution in [1.82, 2.24) is 15.0 Å². The summed E-state index contributed by atoms with van der Waals surface area (Å²) >= 11 is 6.08. The highest BCUT2D eigenvalue weighted by molar-refractivity contribution is 6.32. The molecule has 0 radical (unpaired) electrons. The molecule has 1 fully saturated rings. The van der Waals surface area contributed by atoms with Crippen LogP contribution in [0.1, 0.15) is 0 Å². The third kappa shape index (κ3) is 2.52. The molecule has 104 valence electrons. The number of pyridine rings is 1. The molecule has 0 saturated carbocycles. The number of halogens is 1. The molecular formula is C13H13ClN4O2. The molecule has 3 rings (SSSR count). The first-order valence-corrected chi connectivity index (χ1v) is 6.66. The number of ether oxygens (including phenoxy) is 1. The lowest BCUT2D eigenvalue weighted by atomic mass is 10.2. The largest absolute Gasteiger partial charge is 0.378 e. The number of anilines is 1. The molecule has 0 bridgehead atoms. The second-order valence-electron chi connectivity index (χ2n) is 4.39. The Labute approximate surface area is 120 Å². The number of hydrogen-bond acceptors (Lipinski definition) is 5. The summed E-state index contributed by atoms with van der Waals surface area (Å²) in [5.41, 5.74) is 0.457. The van der Waals surface area contributed by atoms with E-state index in [1.807, 2.05) is 4.90 Å². The zero-order valence-electron chi connectivity index (χ0n) is 10.7. The summed E-state index contributed by atoms with van der Waals surface area (Å²) < 4.78 is 5.30. The molecule has 20 heavy (non-hydrogen) atoms. The van der Waals surface area contributed by atoms with E-state index >= 15 is 0 Å². The molecule has 1 aliphatic heterocycles. The highest BCUT2D eigenvalue weighted by atomic mass is 35.5. The number of H-pyrrole nitrogens is 1. The summed E-state index contributed by atoms with van der Waals surface area (Å²) in [6.07, 6.45) is 3.30. The van der Waals surface area contributed by atoms with Crippen LogP contribution in [0.4, 0.5) is 5.82 Å². The van der Waals surface area contributed by atoms with E-state index in [4.69, 9.17) is 16.3 Å². The van der Waals surface area contributed by atoms with Crippen molar-refractivity contribution in [3.63, 3.8) is 0 Å². The fourth-order valence-corrected chi connectivity index (χ4v) is 2.29. The zero-order chi connectivity index (χ0) is 13.9. The predicted molar refractivity (Wildman–Crippen MR) is 76.1 cm³/mol. The highest BCUT2D eigenvalue weighted by Gasteiger charge is 2.19. The van der Waals surface area contributed by atoms with Crippen molar-refractivity contribution in [2.45, 2.75) is 0 Å². The average Bonchev–Trinajstić information content (AvgIpc) is 2.51. The first-order chi connectivity index (χ1) is 9.75. The van der Waals surface area contributed by atoms with Gasteiger partial charge in [0.15, 0.2) is 5.82 Å². The molecule has 1 N–H and O–H groups in total. The van der Waals surface area contributed by atoms with Gasteiger partial charge < -0.3 is 14.6 Å². The molecule has 0 unspecified atom stereocenters. The van der Waals surface area contributed by atoms with E-state index in [1.165, 1.54) is 0 Å². The predicted octanol–water partition coefficient (Wildman–Crippen LogP) is 1.32. The molecule has 0 atom stereocenters. The monoisotopic (exact) mass is 292 g/mol. The molecule has 3 heterocycles. The van der Waals surface area contributed by atoms with E-state index in [-0.39, 0.29) is 10.6 Å². The minimum absolute atomic E-state index is 0.115. The van der Waals surface area contributed by atoms with Crippen molar-refractivity contribution in [2.24, 2.45) is 0 Å². The lowest BCUT2D eigenvalue weighted by Crippen LogP contribution is -2.38. The Hall–Kier alpha value is -1.92. The van der Waals surface area contributed by atoms with Crippen LogP contribution in [-0.4, -0.2) is 41.3 Å².